The molecule has 12 heavy (non-hydrogen) atoms. The normalized spacial score (nSPS) is 30.4. The molecule has 2 unspecified atom stereocenters. The molecule has 0 aromatic rings. The van der Waals surface area contributed by atoms with Gasteiger partial charge in [0.1, 0.15) is 0 Å². The maximum Gasteiger partial charge on any atom is 0.240 e. The first kappa shape index (κ1) is 9.52. The molecule has 0 bridgehead atoms. The van der Waals surface area contributed by atoms with E-state index in [9.17, 15) is 4.79 Å². The summed E-state index contributed by atoms with van der Waals surface area (Å²) < 4.78 is 0. The summed E-state index contributed by atoms with van der Waals surface area (Å²) >= 11 is 0. The van der Waals surface area contributed by atoms with Gasteiger partial charge < -0.3 is 4.90 Å². The Balaban J connectivity index is 2.67. The molecule has 1 fully saturated rings. The Morgan fingerprint density at radius 3 is 2.42 bits per heavy atom. The smallest absolute Gasteiger partial charge is 0.240 e. The number of rotatable bonds is 2. The predicted molar refractivity (Wildman–Crippen MR) is 48.6 cm³/mol. The summed E-state index contributed by atoms with van der Waals surface area (Å²) in [6, 6.07) is 0.0439. The van der Waals surface area contributed by atoms with Crippen molar-refractivity contribution in [1.82, 2.24) is 10.2 Å². The minimum absolute atomic E-state index is 0.0439. The van der Waals surface area contributed by atoms with Crippen LogP contribution in [0.5, 0.6) is 0 Å². The van der Waals surface area contributed by atoms with Gasteiger partial charge in [0.15, 0.2) is 0 Å². The zero-order valence-electron chi connectivity index (χ0n) is 8.29. The number of hydrogen-bond acceptors (Lipinski definition) is 2. The molecule has 1 saturated heterocycles. The molecule has 2 atom stereocenters. The van der Waals surface area contributed by atoms with Gasteiger partial charge in [0.25, 0.3) is 0 Å². The van der Waals surface area contributed by atoms with E-state index in [0.717, 1.165) is 6.42 Å². The summed E-state index contributed by atoms with van der Waals surface area (Å²) in [6.45, 7) is 6.28. The van der Waals surface area contributed by atoms with Gasteiger partial charge in [0.05, 0.1) is 12.2 Å². The monoisotopic (exact) mass is 170 g/mol. The molecule has 0 aromatic heterocycles. The molecule has 3 heteroatoms. The van der Waals surface area contributed by atoms with Crippen LogP contribution in [-0.2, 0) is 4.79 Å². The van der Waals surface area contributed by atoms with E-state index < -0.39 is 0 Å². The standard InChI is InChI=1S/C9H18N2O/c1-5-7-9(12)11(4)8(10-7)6(2)3/h6-8,10H,5H2,1-4H3. The number of amides is 1. The summed E-state index contributed by atoms with van der Waals surface area (Å²) in [5.74, 6) is 0.715. The van der Waals surface area contributed by atoms with Crippen molar-refractivity contribution in [3.05, 3.63) is 0 Å². The van der Waals surface area contributed by atoms with Crippen molar-refractivity contribution >= 4 is 5.91 Å². The topological polar surface area (TPSA) is 32.3 Å². The Morgan fingerprint density at radius 1 is 1.58 bits per heavy atom. The molecule has 1 heterocycles. The number of nitrogens with zero attached hydrogens (tertiary/aromatic N) is 1. The van der Waals surface area contributed by atoms with Crippen LogP contribution in [0.3, 0.4) is 0 Å². The minimum Gasteiger partial charge on any atom is -0.329 e. The first-order valence-corrected chi connectivity index (χ1v) is 4.60. The lowest BCUT2D eigenvalue weighted by atomic mass is 10.1. The third kappa shape index (κ3) is 1.46. The second kappa shape index (κ2) is 3.44. The van der Waals surface area contributed by atoms with Crippen molar-refractivity contribution < 1.29 is 4.79 Å². The number of hydrogen-bond donors (Lipinski definition) is 1. The molecule has 1 aliphatic heterocycles. The van der Waals surface area contributed by atoms with Crippen molar-refractivity contribution in [3.8, 4) is 0 Å². The molecule has 1 rings (SSSR count). The molecular weight excluding hydrogens is 152 g/mol. The summed E-state index contributed by atoms with van der Waals surface area (Å²) in [5, 5.41) is 3.32. The van der Waals surface area contributed by atoms with E-state index in [0.29, 0.717) is 5.92 Å². The SMILES string of the molecule is CCC1NC(C(C)C)N(C)C1=O. The highest BCUT2D eigenvalue weighted by molar-refractivity contribution is 5.83. The van der Waals surface area contributed by atoms with Crippen LogP contribution in [0.2, 0.25) is 0 Å². The van der Waals surface area contributed by atoms with Gasteiger partial charge in [-0.15, -0.1) is 0 Å². The van der Waals surface area contributed by atoms with Gasteiger partial charge in [0.2, 0.25) is 5.91 Å². The molecule has 1 N–H and O–H groups in total. The van der Waals surface area contributed by atoms with Crippen LogP contribution >= 0.6 is 0 Å². The van der Waals surface area contributed by atoms with E-state index in [1.807, 2.05) is 18.9 Å². The van der Waals surface area contributed by atoms with Crippen LogP contribution in [-0.4, -0.2) is 30.1 Å². The zero-order chi connectivity index (χ0) is 9.30. The Kier molecular flexibility index (Phi) is 2.73. The lowest BCUT2D eigenvalue weighted by molar-refractivity contribution is -0.129. The lowest BCUT2D eigenvalue weighted by Gasteiger charge is -2.22. The molecule has 1 amide bonds. The summed E-state index contributed by atoms with van der Waals surface area (Å²) in [6.07, 6.45) is 1.11. The number of carbonyl (C=O) groups is 1. The van der Waals surface area contributed by atoms with Gasteiger partial charge in [-0.3, -0.25) is 10.1 Å². The zero-order valence-corrected chi connectivity index (χ0v) is 8.29. The Bertz CT molecular complexity index is 179. The fraction of sp³-hybridized carbons (Fsp3) is 0.889. The lowest BCUT2D eigenvalue weighted by Crippen LogP contribution is -2.39. The van der Waals surface area contributed by atoms with E-state index >= 15 is 0 Å². The maximum absolute atomic E-state index is 11.5. The van der Waals surface area contributed by atoms with E-state index in [-0.39, 0.29) is 18.1 Å². The highest BCUT2D eigenvalue weighted by Gasteiger charge is 2.36. The number of likely N-dealkylation sites (N-methyl/N-ethyl adjacent to an activating group) is 1. The average Bonchev–Trinajstić information content (AvgIpc) is 2.30. The van der Waals surface area contributed by atoms with Crippen molar-refractivity contribution in [2.45, 2.75) is 39.4 Å². The molecule has 70 valence electrons. The van der Waals surface area contributed by atoms with E-state index in [1.165, 1.54) is 0 Å². The summed E-state index contributed by atoms with van der Waals surface area (Å²) in [7, 11) is 1.87. The Labute approximate surface area is 74.1 Å². The fourth-order valence-corrected chi connectivity index (χ4v) is 1.70. The second-order valence-electron chi connectivity index (χ2n) is 3.77. The minimum atomic E-state index is 0.0439. The van der Waals surface area contributed by atoms with Crippen molar-refractivity contribution in [1.29, 1.82) is 0 Å². The van der Waals surface area contributed by atoms with Crippen LogP contribution in [0.25, 0.3) is 0 Å². The van der Waals surface area contributed by atoms with Crippen molar-refractivity contribution in [2.24, 2.45) is 5.92 Å². The van der Waals surface area contributed by atoms with Gasteiger partial charge in [-0.05, 0) is 12.3 Å². The van der Waals surface area contributed by atoms with Gasteiger partial charge >= 0.3 is 0 Å². The van der Waals surface area contributed by atoms with Crippen molar-refractivity contribution in [3.63, 3.8) is 0 Å². The largest absolute Gasteiger partial charge is 0.329 e. The Hall–Kier alpha value is -0.570. The number of carbonyl (C=O) groups excluding carboxylic acids is 1. The third-order valence-corrected chi connectivity index (χ3v) is 2.47. The van der Waals surface area contributed by atoms with Gasteiger partial charge in [-0.1, -0.05) is 20.8 Å². The average molecular weight is 170 g/mol. The molecule has 0 saturated carbocycles. The molecule has 1 aliphatic rings. The van der Waals surface area contributed by atoms with E-state index in [2.05, 4.69) is 19.2 Å². The molecule has 0 radical (unpaired) electrons. The first-order chi connectivity index (χ1) is 5.57. The van der Waals surface area contributed by atoms with Crippen LogP contribution in [0, 0.1) is 5.92 Å². The van der Waals surface area contributed by atoms with Gasteiger partial charge in [-0.2, -0.15) is 0 Å². The van der Waals surface area contributed by atoms with Gasteiger partial charge in [-0.25, -0.2) is 0 Å². The van der Waals surface area contributed by atoms with Crippen molar-refractivity contribution in [2.75, 3.05) is 7.05 Å². The van der Waals surface area contributed by atoms with Crippen LogP contribution in [0.15, 0.2) is 0 Å². The molecule has 3 nitrogen and oxygen atoms in total. The van der Waals surface area contributed by atoms with E-state index in [1.54, 1.807) is 0 Å². The summed E-state index contributed by atoms with van der Waals surface area (Å²) in [4.78, 5) is 13.3. The third-order valence-electron chi connectivity index (χ3n) is 2.47. The molecular formula is C9H18N2O. The molecule has 0 spiro atoms. The van der Waals surface area contributed by atoms with Crippen LogP contribution in [0.4, 0.5) is 0 Å². The van der Waals surface area contributed by atoms with Crippen LogP contribution < -0.4 is 5.32 Å². The predicted octanol–water partition coefficient (Wildman–Crippen LogP) is 0.809. The van der Waals surface area contributed by atoms with Gasteiger partial charge in [0, 0.05) is 7.05 Å². The van der Waals surface area contributed by atoms with Crippen LogP contribution in [0.1, 0.15) is 27.2 Å². The summed E-state index contributed by atoms with van der Waals surface area (Å²) in [5.41, 5.74) is 0. The fourth-order valence-electron chi connectivity index (χ4n) is 1.70. The molecule has 0 aromatic carbocycles. The quantitative estimate of drug-likeness (QED) is 0.665. The maximum atomic E-state index is 11.5. The highest BCUT2D eigenvalue weighted by Crippen LogP contribution is 2.16. The first-order valence-electron chi connectivity index (χ1n) is 4.60. The van der Waals surface area contributed by atoms with E-state index in [4.69, 9.17) is 0 Å². The number of nitrogens with one attached hydrogen (secondary N) is 1. The Morgan fingerprint density at radius 2 is 2.17 bits per heavy atom. The highest BCUT2D eigenvalue weighted by atomic mass is 16.2. The second-order valence-corrected chi connectivity index (χ2v) is 3.77. The molecule has 0 aliphatic carbocycles.